The van der Waals surface area contributed by atoms with Gasteiger partial charge in [0.25, 0.3) is 5.91 Å². The summed E-state index contributed by atoms with van der Waals surface area (Å²) in [6.07, 6.45) is 3.21. The smallest absolute Gasteiger partial charge is 0.338 e. The van der Waals surface area contributed by atoms with Gasteiger partial charge in [-0.05, 0) is 64.2 Å². The lowest BCUT2D eigenvalue weighted by Gasteiger charge is -2.39. The summed E-state index contributed by atoms with van der Waals surface area (Å²) in [6, 6.07) is 6.26. The third kappa shape index (κ3) is 5.32. The van der Waals surface area contributed by atoms with Crippen molar-refractivity contribution in [3.05, 3.63) is 34.9 Å². The van der Waals surface area contributed by atoms with E-state index in [-0.39, 0.29) is 40.2 Å². The first-order valence-electron chi connectivity index (χ1n) is 11.6. The molecule has 4 nitrogen and oxygen atoms in total. The van der Waals surface area contributed by atoms with Crippen LogP contribution >= 0.6 is 0 Å². The fourth-order valence-electron chi connectivity index (χ4n) is 5.66. The van der Waals surface area contributed by atoms with Crippen LogP contribution < -0.4 is 0 Å². The van der Waals surface area contributed by atoms with Crippen LogP contribution in [0.1, 0.15) is 103 Å². The van der Waals surface area contributed by atoms with Crippen LogP contribution in [-0.4, -0.2) is 36.0 Å². The number of hydrogen-bond donors (Lipinski definition) is 0. The Hall–Kier alpha value is -1.84. The van der Waals surface area contributed by atoms with E-state index in [1.165, 1.54) is 0 Å². The van der Waals surface area contributed by atoms with Gasteiger partial charge in [-0.2, -0.15) is 0 Å². The first-order chi connectivity index (χ1) is 14.0. The number of ether oxygens (including phenoxy) is 1. The van der Waals surface area contributed by atoms with Gasteiger partial charge < -0.3 is 9.64 Å². The summed E-state index contributed by atoms with van der Waals surface area (Å²) >= 11 is 0. The van der Waals surface area contributed by atoms with E-state index in [4.69, 9.17) is 4.74 Å². The lowest BCUT2D eigenvalue weighted by molar-refractivity contribution is -0.135. The van der Waals surface area contributed by atoms with Crippen LogP contribution in [0.25, 0.3) is 0 Å². The largest absolute Gasteiger partial charge is 0.452 e. The van der Waals surface area contributed by atoms with Crippen LogP contribution in [0.2, 0.25) is 0 Å². The van der Waals surface area contributed by atoms with Crippen molar-refractivity contribution >= 4 is 11.9 Å². The quantitative estimate of drug-likeness (QED) is 0.567. The highest BCUT2D eigenvalue weighted by Crippen LogP contribution is 2.52. The molecule has 1 aliphatic heterocycles. The molecule has 31 heavy (non-hydrogen) atoms. The molecule has 172 valence electrons. The summed E-state index contributed by atoms with van der Waals surface area (Å²) in [5.74, 6) is -0.485. The average Bonchev–Trinajstić information content (AvgIpc) is 2.86. The molecule has 0 unspecified atom stereocenters. The molecular weight excluding hydrogens is 386 g/mol. The minimum Gasteiger partial charge on any atom is -0.452 e. The second kappa shape index (κ2) is 7.64. The molecule has 1 heterocycles. The van der Waals surface area contributed by atoms with Gasteiger partial charge in [-0.3, -0.25) is 4.79 Å². The standard InChI is InChI=1S/C27H41NO3/c1-24(2,3)19-10-18(11-20(12-19)25(4,5)6)23(30)31-15-22(29)28-17-27(9)14-21(28)13-26(7,8)16-27/h10-12,21H,13-17H2,1-9H3/t21-,27+/m1/s1. The molecule has 1 saturated carbocycles. The maximum absolute atomic E-state index is 13.0. The molecule has 2 atom stereocenters. The molecule has 1 saturated heterocycles. The lowest BCUT2D eigenvalue weighted by atomic mass is 9.65. The van der Waals surface area contributed by atoms with E-state index in [1.807, 2.05) is 17.0 Å². The third-order valence-corrected chi connectivity index (χ3v) is 6.96. The molecule has 2 fully saturated rings. The van der Waals surface area contributed by atoms with Crippen LogP contribution in [0, 0.1) is 10.8 Å². The number of benzene rings is 1. The Labute approximate surface area is 188 Å². The molecule has 1 amide bonds. The number of carbonyl (C=O) groups excluding carboxylic acids is 2. The molecule has 1 aromatic rings. The van der Waals surface area contributed by atoms with Crippen molar-refractivity contribution in [1.29, 1.82) is 0 Å². The third-order valence-electron chi connectivity index (χ3n) is 6.96. The van der Waals surface area contributed by atoms with Gasteiger partial charge in [0.15, 0.2) is 6.61 Å². The Balaban J connectivity index is 1.73. The van der Waals surface area contributed by atoms with Gasteiger partial charge in [0, 0.05) is 12.6 Å². The highest BCUT2D eigenvalue weighted by molar-refractivity contribution is 5.92. The van der Waals surface area contributed by atoms with Gasteiger partial charge in [0.2, 0.25) is 0 Å². The highest BCUT2D eigenvalue weighted by Gasteiger charge is 2.50. The van der Waals surface area contributed by atoms with Crippen molar-refractivity contribution in [2.75, 3.05) is 13.2 Å². The number of rotatable bonds is 3. The van der Waals surface area contributed by atoms with Crippen molar-refractivity contribution in [3.8, 4) is 0 Å². The number of fused-ring (bicyclic) bond motifs is 2. The molecule has 3 rings (SSSR count). The Morgan fingerprint density at radius 3 is 2.03 bits per heavy atom. The van der Waals surface area contributed by atoms with Gasteiger partial charge in [0.1, 0.15) is 0 Å². The van der Waals surface area contributed by atoms with Crippen molar-refractivity contribution in [1.82, 2.24) is 4.90 Å². The van der Waals surface area contributed by atoms with Crippen molar-refractivity contribution < 1.29 is 14.3 Å². The number of amides is 1. The van der Waals surface area contributed by atoms with Gasteiger partial charge >= 0.3 is 5.97 Å². The second-order valence-electron chi connectivity index (χ2n) is 13.1. The minimum absolute atomic E-state index is 0.0669. The van der Waals surface area contributed by atoms with E-state index in [1.54, 1.807) is 0 Å². The average molecular weight is 428 g/mol. The molecule has 1 aromatic carbocycles. The van der Waals surface area contributed by atoms with Crippen LogP contribution in [0.4, 0.5) is 0 Å². The normalized spacial score (nSPS) is 25.5. The fraction of sp³-hybridized carbons (Fsp3) is 0.704. The molecule has 4 heteroatoms. The van der Waals surface area contributed by atoms with Crippen LogP contribution in [0.5, 0.6) is 0 Å². The molecule has 2 aliphatic rings. The van der Waals surface area contributed by atoms with E-state index in [0.29, 0.717) is 5.56 Å². The van der Waals surface area contributed by atoms with Gasteiger partial charge in [-0.1, -0.05) is 68.4 Å². The Bertz CT molecular complexity index is 839. The van der Waals surface area contributed by atoms with Crippen molar-refractivity contribution in [2.24, 2.45) is 10.8 Å². The number of esters is 1. The Morgan fingerprint density at radius 1 is 0.968 bits per heavy atom. The molecule has 0 spiro atoms. The van der Waals surface area contributed by atoms with Crippen LogP contribution in [-0.2, 0) is 20.4 Å². The zero-order valence-electron chi connectivity index (χ0n) is 21.0. The lowest BCUT2D eigenvalue weighted by Crippen LogP contribution is -2.39. The minimum atomic E-state index is -0.418. The summed E-state index contributed by atoms with van der Waals surface area (Å²) in [7, 11) is 0. The topological polar surface area (TPSA) is 46.6 Å². The monoisotopic (exact) mass is 427 g/mol. The zero-order valence-corrected chi connectivity index (χ0v) is 21.0. The summed E-state index contributed by atoms with van der Waals surface area (Å²) < 4.78 is 5.54. The van der Waals surface area contributed by atoms with Crippen LogP contribution in [0.3, 0.4) is 0 Å². The number of likely N-dealkylation sites (tertiary alicyclic amines) is 1. The summed E-state index contributed by atoms with van der Waals surface area (Å²) in [4.78, 5) is 27.9. The van der Waals surface area contributed by atoms with E-state index in [9.17, 15) is 9.59 Å². The van der Waals surface area contributed by atoms with E-state index in [2.05, 4.69) is 68.4 Å². The van der Waals surface area contributed by atoms with Crippen LogP contribution in [0.15, 0.2) is 18.2 Å². The molecule has 1 aliphatic carbocycles. The van der Waals surface area contributed by atoms with Gasteiger partial charge in [-0.15, -0.1) is 0 Å². The summed E-state index contributed by atoms with van der Waals surface area (Å²) in [6.45, 7) is 20.3. The molecular formula is C27H41NO3. The Kier molecular flexibility index (Phi) is 5.87. The van der Waals surface area contributed by atoms with Gasteiger partial charge in [0.05, 0.1) is 5.56 Å². The van der Waals surface area contributed by atoms with E-state index in [0.717, 1.165) is 36.9 Å². The number of hydrogen-bond acceptors (Lipinski definition) is 3. The predicted octanol–water partition coefficient (Wildman–Crippen LogP) is 5.87. The first-order valence-corrected chi connectivity index (χ1v) is 11.6. The fourth-order valence-corrected chi connectivity index (χ4v) is 5.66. The van der Waals surface area contributed by atoms with Gasteiger partial charge in [-0.25, -0.2) is 4.79 Å². The maximum atomic E-state index is 13.0. The summed E-state index contributed by atoms with van der Waals surface area (Å²) in [5, 5.41) is 0. The second-order valence-corrected chi connectivity index (χ2v) is 13.1. The molecule has 0 radical (unpaired) electrons. The number of nitrogens with zero attached hydrogens (tertiary/aromatic N) is 1. The molecule has 2 bridgehead atoms. The molecule has 0 N–H and O–H groups in total. The highest BCUT2D eigenvalue weighted by atomic mass is 16.5. The maximum Gasteiger partial charge on any atom is 0.338 e. The molecule has 0 aromatic heterocycles. The number of carbonyl (C=O) groups is 2. The zero-order chi connectivity index (χ0) is 23.4. The first kappa shape index (κ1) is 23.8. The predicted molar refractivity (Wildman–Crippen MR) is 125 cm³/mol. The van der Waals surface area contributed by atoms with E-state index >= 15 is 0 Å². The van der Waals surface area contributed by atoms with E-state index < -0.39 is 5.97 Å². The Morgan fingerprint density at radius 2 is 1.52 bits per heavy atom. The van der Waals surface area contributed by atoms with Crippen molar-refractivity contribution in [2.45, 2.75) is 98.4 Å². The summed E-state index contributed by atoms with van der Waals surface area (Å²) in [5.41, 5.74) is 2.99. The SMILES string of the molecule is CC1(C)C[C@@H]2C[C@](C)(CN2C(=O)COC(=O)c2cc(C(C)(C)C)cc(C(C)(C)C)c2)C1. The van der Waals surface area contributed by atoms with Crippen molar-refractivity contribution in [3.63, 3.8) is 0 Å².